The Kier molecular flexibility index (Phi) is 7.10. The van der Waals surface area contributed by atoms with Crippen molar-refractivity contribution in [1.29, 1.82) is 0 Å². The topological polar surface area (TPSA) is 49.3 Å². The molecule has 2 rings (SSSR count). The maximum absolute atomic E-state index is 11.9. The van der Waals surface area contributed by atoms with Crippen molar-refractivity contribution in [3.05, 3.63) is 34.9 Å². The first-order chi connectivity index (χ1) is 10.3. The van der Waals surface area contributed by atoms with Crippen molar-refractivity contribution in [2.75, 3.05) is 24.7 Å². The van der Waals surface area contributed by atoms with Crippen molar-refractivity contribution >= 4 is 17.7 Å². The summed E-state index contributed by atoms with van der Waals surface area (Å²) < 4.78 is 0. The van der Waals surface area contributed by atoms with Gasteiger partial charge in [-0.05, 0) is 54.5 Å². The minimum absolute atomic E-state index is 0.105. The molecule has 0 aromatic heterocycles. The van der Waals surface area contributed by atoms with Crippen molar-refractivity contribution in [2.45, 2.75) is 38.5 Å². The predicted octanol–water partition coefficient (Wildman–Crippen LogP) is 2.34. The molecule has 21 heavy (non-hydrogen) atoms. The molecule has 1 aliphatic carbocycles. The number of aliphatic hydroxyl groups excluding tert-OH is 1. The first-order valence-electron chi connectivity index (χ1n) is 7.85. The van der Waals surface area contributed by atoms with Crippen LogP contribution in [0.1, 0.15) is 36.0 Å². The number of aliphatic hydroxyl groups is 1. The maximum Gasteiger partial charge on any atom is 0.224 e. The number of amides is 1. The van der Waals surface area contributed by atoms with Gasteiger partial charge in [0.15, 0.2) is 0 Å². The number of aryl methyl sites for hydroxylation is 2. The van der Waals surface area contributed by atoms with Crippen LogP contribution < -0.4 is 5.32 Å². The number of rotatable bonds is 8. The average molecular weight is 307 g/mol. The first kappa shape index (κ1) is 16.4. The minimum atomic E-state index is 0.105. The molecule has 0 fully saturated rings. The Morgan fingerprint density at radius 3 is 2.81 bits per heavy atom. The fraction of sp³-hybridized carbons (Fsp3) is 0.588. The van der Waals surface area contributed by atoms with Crippen LogP contribution in [0.2, 0.25) is 0 Å². The molecule has 0 atom stereocenters. The summed E-state index contributed by atoms with van der Waals surface area (Å²) in [4.78, 5) is 11.9. The summed E-state index contributed by atoms with van der Waals surface area (Å²) in [5, 5.41) is 11.6. The molecule has 116 valence electrons. The summed E-state index contributed by atoms with van der Waals surface area (Å²) >= 11 is 1.77. The minimum Gasteiger partial charge on any atom is -0.396 e. The number of carbonyl (C=O) groups is 1. The van der Waals surface area contributed by atoms with Gasteiger partial charge in [0, 0.05) is 18.9 Å². The summed E-state index contributed by atoms with van der Waals surface area (Å²) in [7, 11) is 0. The third-order valence-corrected chi connectivity index (χ3v) is 4.86. The Bertz CT molecular complexity index is 462. The molecule has 0 heterocycles. The second-order valence-electron chi connectivity index (χ2n) is 5.53. The van der Waals surface area contributed by atoms with E-state index in [4.69, 9.17) is 5.11 Å². The van der Waals surface area contributed by atoms with Gasteiger partial charge in [-0.2, -0.15) is 11.8 Å². The fourth-order valence-electron chi connectivity index (χ4n) is 2.68. The summed E-state index contributed by atoms with van der Waals surface area (Å²) in [6, 6.07) is 6.51. The van der Waals surface area contributed by atoms with E-state index in [-0.39, 0.29) is 12.5 Å². The summed E-state index contributed by atoms with van der Waals surface area (Å²) in [5.41, 5.74) is 4.03. The second-order valence-corrected chi connectivity index (χ2v) is 6.75. The highest BCUT2D eigenvalue weighted by Crippen LogP contribution is 2.22. The van der Waals surface area contributed by atoms with Gasteiger partial charge in [0.1, 0.15) is 0 Å². The Labute approximate surface area is 131 Å². The maximum atomic E-state index is 11.9. The predicted molar refractivity (Wildman–Crippen MR) is 88.8 cm³/mol. The Morgan fingerprint density at radius 1 is 1.19 bits per heavy atom. The van der Waals surface area contributed by atoms with Crippen LogP contribution in [0, 0.1) is 0 Å². The number of carbonyl (C=O) groups excluding carboxylic acids is 1. The summed E-state index contributed by atoms with van der Waals surface area (Å²) in [6.45, 7) is 0.956. The van der Waals surface area contributed by atoms with Gasteiger partial charge in [-0.3, -0.25) is 4.79 Å². The van der Waals surface area contributed by atoms with Crippen molar-refractivity contribution < 1.29 is 9.90 Å². The van der Waals surface area contributed by atoms with E-state index in [1.807, 2.05) is 0 Å². The normalized spacial score (nSPS) is 13.8. The zero-order valence-electron chi connectivity index (χ0n) is 12.6. The molecule has 2 N–H and O–H groups in total. The second kappa shape index (κ2) is 9.11. The number of fused-ring (bicyclic) bond motifs is 1. The third-order valence-electron chi connectivity index (χ3n) is 3.79. The van der Waals surface area contributed by atoms with Crippen LogP contribution in [0.4, 0.5) is 0 Å². The Hall–Kier alpha value is -1.00. The molecular formula is C17H25NO2S. The number of nitrogens with one attached hydrogen (secondary N) is 1. The summed E-state index contributed by atoms with van der Waals surface area (Å²) in [6.07, 6.45) is 6.22. The molecule has 0 aliphatic heterocycles. The van der Waals surface area contributed by atoms with Gasteiger partial charge in [-0.15, -0.1) is 0 Å². The van der Waals surface area contributed by atoms with Crippen LogP contribution in [0.15, 0.2) is 18.2 Å². The highest BCUT2D eigenvalue weighted by Gasteiger charge is 2.10. The molecular weight excluding hydrogens is 282 g/mol. The monoisotopic (exact) mass is 307 g/mol. The molecule has 4 heteroatoms. The summed E-state index contributed by atoms with van der Waals surface area (Å²) in [5.74, 6) is 1.97. The highest BCUT2D eigenvalue weighted by atomic mass is 32.2. The van der Waals surface area contributed by atoms with E-state index in [2.05, 4.69) is 23.5 Å². The van der Waals surface area contributed by atoms with E-state index < -0.39 is 0 Å². The molecule has 0 bridgehead atoms. The standard InChI is InChI=1S/C17H25NO2S/c19-9-3-10-21-11-8-18-17(20)13-14-6-7-15-4-1-2-5-16(15)12-14/h6-7,12,19H,1-5,8-11,13H2,(H,18,20). The van der Waals surface area contributed by atoms with E-state index in [0.29, 0.717) is 13.0 Å². The molecule has 0 saturated heterocycles. The van der Waals surface area contributed by atoms with E-state index in [1.54, 1.807) is 11.8 Å². The van der Waals surface area contributed by atoms with Crippen LogP contribution >= 0.6 is 11.8 Å². The lowest BCUT2D eigenvalue weighted by molar-refractivity contribution is -0.120. The van der Waals surface area contributed by atoms with Gasteiger partial charge in [0.2, 0.25) is 5.91 Å². The number of hydrogen-bond donors (Lipinski definition) is 2. The van der Waals surface area contributed by atoms with Gasteiger partial charge in [0.25, 0.3) is 0 Å². The molecule has 3 nitrogen and oxygen atoms in total. The van der Waals surface area contributed by atoms with Crippen LogP contribution in [0.5, 0.6) is 0 Å². The lowest BCUT2D eigenvalue weighted by atomic mass is 9.90. The number of thioether (sulfide) groups is 1. The van der Waals surface area contributed by atoms with Crippen LogP contribution in [0.25, 0.3) is 0 Å². The van der Waals surface area contributed by atoms with E-state index in [9.17, 15) is 4.79 Å². The van der Waals surface area contributed by atoms with Gasteiger partial charge < -0.3 is 10.4 Å². The van der Waals surface area contributed by atoms with Crippen LogP contribution in [0.3, 0.4) is 0 Å². The average Bonchev–Trinajstić information content (AvgIpc) is 2.50. The Balaban J connectivity index is 1.70. The quantitative estimate of drug-likeness (QED) is 0.725. The smallest absolute Gasteiger partial charge is 0.224 e. The van der Waals surface area contributed by atoms with Gasteiger partial charge in [-0.25, -0.2) is 0 Å². The van der Waals surface area contributed by atoms with Gasteiger partial charge in [-0.1, -0.05) is 18.2 Å². The van der Waals surface area contributed by atoms with Crippen molar-refractivity contribution in [3.63, 3.8) is 0 Å². The van der Waals surface area contributed by atoms with E-state index >= 15 is 0 Å². The molecule has 1 aromatic carbocycles. The fourth-order valence-corrected chi connectivity index (χ4v) is 3.46. The van der Waals surface area contributed by atoms with Crippen LogP contribution in [-0.4, -0.2) is 35.7 Å². The zero-order chi connectivity index (χ0) is 14.9. The first-order valence-corrected chi connectivity index (χ1v) is 9.01. The highest BCUT2D eigenvalue weighted by molar-refractivity contribution is 7.99. The molecule has 1 aliphatic rings. The van der Waals surface area contributed by atoms with Gasteiger partial charge in [0.05, 0.1) is 6.42 Å². The van der Waals surface area contributed by atoms with E-state index in [0.717, 1.165) is 29.9 Å². The van der Waals surface area contributed by atoms with Crippen molar-refractivity contribution in [1.82, 2.24) is 5.32 Å². The van der Waals surface area contributed by atoms with Gasteiger partial charge >= 0.3 is 0 Å². The SMILES string of the molecule is O=C(Cc1ccc2c(c1)CCCC2)NCCSCCCO. The lowest BCUT2D eigenvalue weighted by Crippen LogP contribution is -2.27. The molecule has 0 unspecified atom stereocenters. The Morgan fingerprint density at radius 2 is 2.00 bits per heavy atom. The van der Waals surface area contributed by atoms with Crippen molar-refractivity contribution in [2.24, 2.45) is 0 Å². The van der Waals surface area contributed by atoms with E-state index in [1.165, 1.54) is 30.4 Å². The number of hydrogen-bond acceptors (Lipinski definition) is 3. The molecule has 1 aromatic rings. The van der Waals surface area contributed by atoms with Crippen LogP contribution in [-0.2, 0) is 24.1 Å². The molecule has 0 spiro atoms. The lowest BCUT2D eigenvalue weighted by Gasteiger charge is -2.16. The zero-order valence-corrected chi connectivity index (χ0v) is 13.4. The van der Waals surface area contributed by atoms with Crippen molar-refractivity contribution in [3.8, 4) is 0 Å². The molecule has 0 saturated carbocycles. The molecule has 1 amide bonds. The largest absolute Gasteiger partial charge is 0.396 e. The third kappa shape index (κ3) is 5.71. The number of benzene rings is 1. The molecule has 0 radical (unpaired) electrons.